The van der Waals surface area contributed by atoms with Crippen LogP contribution in [0, 0.1) is 0 Å². The lowest BCUT2D eigenvalue weighted by molar-refractivity contribution is 0.659. The van der Waals surface area contributed by atoms with Gasteiger partial charge < -0.3 is 18.0 Å². The molecule has 11 aromatic rings. The Labute approximate surface area is 289 Å². The van der Waals surface area contributed by atoms with Crippen LogP contribution < -0.4 is 0 Å². The summed E-state index contributed by atoms with van der Waals surface area (Å²) in [6.45, 7) is 0. The maximum atomic E-state index is 6.62. The summed E-state index contributed by atoms with van der Waals surface area (Å²) >= 11 is 7.70. The lowest BCUT2D eigenvalue weighted by Gasteiger charge is -2.08. The Balaban J connectivity index is 1.25. The average molecular weight is 746 g/mol. The molecule has 4 nitrogen and oxygen atoms in total. The van der Waals surface area contributed by atoms with Crippen LogP contribution in [0.1, 0.15) is 0 Å². The van der Waals surface area contributed by atoms with E-state index >= 15 is 0 Å². The maximum Gasteiger partial charge on any atom is 0.151 e. The van der Waals surface area contributed by atoms with Crippen LogP contribution in [0.3, 0.4) is 0 Å². The highest BCUT2D eigenvalue weighted by Crippen LogP contribution is 2.48. The van der Waals surface area contributed by atoms with Crippen LogP contribution in [-0.4, -0.2) is 9.13 Å². The van der Waals surface area contributed by atoms with E-state index < -0.39 is 0 Å². The highest BCUT2D eigenvalue weighted by molar-refractivity contribution is 9.13. The fourth-order valence-corrected chi connectivity index (χ4v) is 8.77. The van der Waals surface area contributed by atoms with Crippen LogP contribution in [0.5, 0.6) is 0 Å². The number of halogens is 2. The number of benzene rings is 7. The molecule has 0 spiro atoms. The number of furan rings is 2. The van der Waals surface area contributed by atoms with Gasteiger partial charge in [0.15, 0.2) is 11.2 Å². The number of para-hydroxylation sites is 4. The molecule has 0 atom stereocenters. The van der Waals surface area contributed by atoms with Crippen molar-refractivity contribution in [3.8, 4) is 11.4 Å². The molecule has 48 heavy (non-hydrogen) atoms. The van der Waals surface area contributed by atoms with Crippen LogP contribution in [-0.2, 0) is 0 Å². The SMILES string of the molecule is Brc1c(Br)c2oc3ccc(-n4c5ccccc5c5ccccc54)cc3c2c2c1oc1ccc(-n3c4ccccc4c4ccccc43)cc12. The van der Waals surface area contributed by atoms with Gasteiger partial charge in [0.25, 0.3) is 0 Å². The standard InChI is InChI=1S/C42H22Br2N2O2/c43-39-40(44)42-38(30-22-24(18-20-36(30)48-42)46-33-15-7-3-11-27(33)28-12-4-8-16-34(28)46)37-29-21-23(17-19-35(29)47-41(37)39)45-31-13-5-1-9-25(31)26-10-2-6-14-32(26)45/h1-22H. The molecule has 7 aromatic carbocycles. The van der Waals surface area contributed by atoms with Crippen LogP contribution in [0.25, 0.3) is 98.9 Å². The van der Waals surface area contributed by atoms with E-state index in [4.69, 9.17) is 8.83 Å². The van der Waals surface area contributed by atoms with Crippen LogP contribution in [0.2, 0.25) is 0 Å². The van der Waals surface area contributed by atoms with E-state index in [1.807, 2.05) is 0 Å². The van der Waals surface area contributed by atoms with Crippen molar-refractivity contribution in [1.82, 2.24) is 9.13 Å². The molecular formula is C42H22Br2N2O2. The van der Waals surface area contributed by atoms with E-state index in [1.165, 1.54) is 43.6 Å². The molecule has 0 radical (unpaired) electrons. The third-order valence-corrected chi connectivity index (χ3v) is 11.9. The zero-order valence-corrected chi connectivity index (χ0v) is 28.3. The summed E-state index contributed by atoms with van der Waals surface area (Å²) in [5, 5.41) is 9.05. The first kappa shape index (κ1) is 26.7. The molecule has 6 heteroatoms. The van der Waals surface area contributed by atoms with Crippen LogP contribution in [0.15, 0.2) is 151 Å². The number of aromatic nitrogens is 2. The lowest BCUT2D eigenvalue weighted by Crippen LogP contribution is -1.93. The topological polar surface area (TPSA) is 36.1 Å². The Morgan fingerprint density at radius 1 is 0.375 bits per heavy atom. The first-order valence-corrected chi connectivity index (χ1v) is 17.4. The molecule has 0 saturated heterocycles. The molecular weight excluding hydrogens is 724 g/mol. The minimum Gasteiger partial charge on any atom is -0.455 e. The monoisotopic (exact) mass is 744 g/mol. The summed E-state index contributed by atoms with van der Waals surface area (Å²) in [5.41, 5.74) is 10.1. The number of fused-ring (bicyclic) bond motifs is 13. The molecule has 226 valence electrons. The summed E-state index contributed by atoms with van der Waals surface area (Å²) < 4.78 is 19.6. The van der Waals surface area contributed by atoms with Gasteiger partial charge >= 0.3 is 0 Å². The van der Waals surface area contributed by atoms with Gasteiger partial charge in [0.05, 0.1) is 31.0 Å². The van der Waals surface area contributed by atoms with Gasteiger partial charge in [-0.2, -0.15) is 0 Å². The molecule has 4 aromatic heterocycles. The highest BCUT2D eigenvalue weighted by atomic mass is 79.9. The number of nitrogens with zero attached hydrogens (tertiary/aromatic N) is 2. The fraction of sp³-hybridized carbons (Fsp3) is 0. The van der Waals surface area contributed by atoms with Gasteiger partial charge in [-0.1, -0.05) is 72.8 Å². The van der Waals surface area contributed by atoms with Gasteiger partial charge in [-0.05, 0) is 92.5 Å². The normalized spacial score (nSPS) is 12.4. The van der Waals surface area contributed by atoms with Crippen molar-refractivity contribution in [3.05, 3.63) is 142 Å². The number of rotatable bonds is 2. The van der Waals surface area contributed by atoms with Crippen LogP contribution in [0.4, 0.5) is 0 Å². The Morgan fingerprint density at radius 2 is 0.708 bits per heavy atom. The van der Waals surface area contributed by atoms with Crippen molar-refractivity contribution in [2.45, 2.75) is 0 Å². The van der Waals surface area contributed by atoms with Crippen LogP contribution >= 0.6 is 31.9 Å². The molecule has 11 rings (SSSR count). The van der Waals surface area contributed by atoms with Gasteiger partial charge in [0.1, 0.15) is 11.2 Å². The fourth-order valence-electron chi connectivity index (χ4n) is 7.86. The Hall–Kier alpha value is -5.30. The summed E-state index contributed by atoms with van der Waals surface area (Å²) in [6, 6.07) is 47.4. The average Bonchev–Trinajstić information content (AvgIpc) is 3.88. The second kappa shape index (κ2) is 9.63. The Morgan fingerprint density at radius 3 is 1.06 bits per heavy atom. The molecule has 0 aliphatic carbocycles. The minimum atomic E-state index is 0.786. The van der Waals surface area contributed by atoms with Gasteiger partial charge in [0, 0.05) is 54.5 Å². The molecule has 0 N–H and O–H groups in total. The second-order valence-electron chi connectivity index (χ2n) is 12.3. The molecule has 0 bridgehead atoms. The third kappa shape index (κ3) is 3.43. The zero-order chi connectivity index (χ0) is 31.7. The smallest absolute Gasteiger partial charge is 0.151 e. The van der Waals surface area contributed by atoms with Gasteiger partial charge in [0.2, 0.25) is 0 Å². The van der Waals surface area contributed by atoms with E-state index in [9.17, 15) is 0 Å². The second-order valence-corrected chi connectivity index (χ2v) is 13.9. The third-order valence-electron chi connectivity index (χ3n) is 9.86. The Bertz CT molecular complexity index is 2840. The molecule has 0 unspecified atom stereocenters. The number of hydrogen-bond donors (Lipinski definition) is 0. The highest BCUT2D eigenvalue weighted by Gasteiger charge is 2.24. The summed E-state index contributed by atoms with van der Waals surface area (Å²) in [7, 11) is 0. The quantitative estimate of drug-likeness (QED) is 0.177. The predicted molar refractivity (Wildman–Crippen MR) is 205 cm³/mol. The van der Waals surface area contributed by atoms with Crippen molar-refractivity contribution in [1.29, 1.82) is 0 Å². The van der Waals surface area contributed by atoms with Gasteiger partial charge in [-0.15, -0.1) is 0 Å². The number of hydrogen-bond acceptors (Lipinski definition) is 2. The molecule has 0 aliphatic rings. The van der Waals surface area contributed by atoms with E-state index in [-0.39, 0.29) is 0 Å². The van der Waals surface area contributed by atoms with Gasteiger partial charge in [-0.25, -0.2) is 0 Å². The van der Waals surface area contributed by atoms with E-state index in [0.29, 0.717) is 0 Å². The van der Waals surface area contributed by atoms with Crippen molar-refractivity contribution < 1.29 is 8.83 Å². The zero-order valence-electron chi connectivity index (χ0n) is 25.2. The van der Waals surface area contributed by atoms with Crippen molar-refractivity contribution in [2.75, 3.05) is 0 Å². The van der Waals surface area contributed by atoms with Crippen molar-refractivity contribution >= 4 is 119 Å². The molecule has 4 heterocycles. The molecule has 0 saturated carbocycles. The van der Waals surface area contributed by atoms with E-state index in [0.717, 1.165) is 64.2 Å². The maximum absolute atomic E-state index is 6.62. The van der Waals surface area contributed by atoms with Gasteiger partial charge in [-0.3, -0.25) is 0 Å². The minimum absolute atomic E-state index is 0.786. The largest absolute Gasteiger partial charge is 0.455 e. The Kier molecular flexibility index (Phi) is 5.36. The first-order chi connectivity index (χ1) is 23.7. The summed E-state index contributed by atoms with van der Waals surface area (Å²) in [5.74, 6) is 0. The van der Waals surface area contributed by atoms with E-state index in [2.05, 4.69) is 174 Å². The molecule has 0 fully saturated rings. The van der Waals surface area contributed by atoms with Crippen molar-refractivity contribution in [2.24, 2.45) is 0 Å². The summed E-state index contributed by atoms with van der Waals surface area (Å²) in [4.78, 5) is 0. The summed E-state index contributed by atoms with van der Waals surface area (Å²) in [6.07, 6.45) is 0. The van der Waals surface area contributed by atoms with Crippen molar-refractivity contribution in [3.63, 3.8) is 0 Å². The molecule has 0 aliphatic heterocycles. The molecule has 0 amide bonds. The van der Waals surface area contributed by atoms with E-state index in [1.54, 1.807) is 0 Å². The lowest BCUT2D eigenvalue weighted by atomic mass is 10.0. The predicted octanol–water partition coefficient (Wildman–Crippen LogP) is 13.2. The first-order valence-electron chi connectivity index (χ1n) is 15.8.